The van der Waals surface area contributed by atoms with Crippen LogP contribution in [0.4, 0.5) is 0 Å². The molecule has 1 heterocycles. The maximum Gasteiger partial charge on any atom is 0.317 e. The number of hydrogen-bond acceptors (Lipinski definition) is 5. The molecule has 1 spiro atoms. The van der Waals surface area contributed by atoms with E-state index in [1.165, 1.54) is 6.42 Å². The van der Waals surface area contributed by atoms with Gasteiger partial charge in [0.2, 0.25) is 0 Å². The minimum Gasteiger partial charge on any atom is -0.496 e. The van der Waals surface area contributed by atoms with Crippen LogP contribution in [0.5, 0.6) is 11.5 Å². The van der Waals surface area contributed by atoms with E-state index in [4.69, 9.17) is 18.9 Å². The average molecular weight is 332 g/mol. The van der Waals surface area contributed by atoms with Crippen LogP contribution >= 0.6 is 0 Å². The minimum absolute atomic E-state index is 0.180. The van der Waals surface area contributed by atoms with Crippen molar-refractivity contribution in [1.82, 2.24) is 0 Å². The maximum atomic E-state index is 12.1. The second kappa shape index (κ2) is 6.75. The van der Waals surface area contributed by atoms with Crippen molar-refractivity contribution in [2.24, 2.45) is 5.92 Å². The number of hydrogen-bond donors (Lipinski definition) is 0. The molecule has 1 saturated heterocycles. The fourth-order valence-corrected chi connectivity index (χ4v) is 3.77. The third kappa shape index (κ3) is 2.72. The molecule has 5 heteroatoms. The lowest BCUT2D eigenvalue weighted by atomic mass is 9.71. The first kappa shape index (κ1) is 16.7. The number of carbonyl (C=O) groups is 1. The molecular formula is C19H24O5. The van der Waals surface area contributed by atoms with Gasteiger partial charge in [0.25, 0.3) is 0 Å². The lowest BCUT2D eigenvalue weighted by molar-refractivity contribution is -0.212. The second-order valence-corrected chi connectivity index (χ2v) is 6.30. The third-order valence-corrected chi connectivity index (χ3v) is 5.04. The van der Waals surface area contributed by atoms with Gasteiger partial charge in [0.05, 0.1) is 21.3 Å². The normalized spacial score (nSPS) is 22.5. The third-order valence-electron chi connectivity index (χ3n) is 5.04. The Labute approximate surface area is 142 Å². The number of methoxy groups -OCH3 is 3. The molecule has 0 amide bonds. The van der Waals surface area contributed by atoms with Gasteiger partial charge in [-0.15, -0.1) is 0 Å². The largest absolute Gasteiger partial charge is 0.496 e. The van der Waals surface area contributed by atoms with E-state index in [1.54, 1.807) is 21.3 Å². The zero-order chi connectivity index (χ0) is 17.2. The topological polar surface area (TPSA) is 54.0 Å². The smallest absolute Gasteiger partial charge is 0.317 e. The number of esters is 1. The van der Waals surface area contributed by atoms with Crippen molar-refractivity contribution in [2.45, 2.75) is 37.7 Å². The molecule has 1 saturated carbocycles. The van der Waals surface area contributed by atoms with Crippen molar-refractivity contribution >= 4 is 11.7 Å². The predicted octanol–water partition coefficient (Wildman–Crippen LogP) is 3.57. The quantitative estimate of drug-likeness (QED) is 0.609. The Morgan fingerprint density at radius 1 is 1.12 bits per heavy atom. The van der Waals surface area contributed by atoms with Crippen LogP contribution in [0.25, 0.3) is 5.76 Å². The summed E-state index contributed by atoms with van der Waals surface area (Å²) in [6.07, 6.45) is 7.10. The van der Waals surface area contributed by atoms with E-state index < -0.39 is 0 Å². The van der Waals surface area contributed by atoms with E-state index >= 15 is 0 Å². The van der Waals surface area contributed by atoms with Gasteiger partial charge in [-0.2, -0.15) is 0 Å². The molecule has 1 unspecified atom stereocenters. The second-order valence-electron chi connectivity index (χ2n) is 6.30. The molecule has 130 valence electrons. The highest BCUT2D eigenvalue weighted by atomic mass is 16.6. The Hall–Kier alpha value is -2.17. The van der Waals surface area contributed by atoms with Crippen LogP contribution in [-0.2, 0) is 14.3 Å². The molecule has 2 aliphatic rings. The van der Waals surface area contributed by atoms with E-state index in [9.17, 15) is 4.79 Å². The number of ether oxygens (including phenoxy) is 4. The summed E-state index contributed by atoms with van der Waals surface area (Å²) in [4.78, 5) is 12.1. The van der Waals surface area contributed by atoms with Crippen molar-refractivity contribution in [1.29, 1.82) is 0 Å². The molecule has 2 fully saturated rings. The van der Waals surface area contributed by atoms with Gasteiger partial charge in [0.1, 0.15) is 34.3 Å². The molecule has 1 aliphatic carbocycles. The van der Waals surface area contributed by atoms with Gasteiger partial charge >= 0.3 is 5.97 Å². The molecule has 0 aromatic heterocycles. The van der Waals surface area contributed by atoms with Gasteiger partial charge in [-0.1, -0.05) is 12.5 Å². The molecule has 3 rings (SSSR count). The summed E-state index contributed by atoms with van der Waals surface area (Å²) >= 11 is 0. The summed E-state index contributed by atoms with van der Waals surface area (Å²) < 4.78 is 22.1. The SMILES string of the molecule is CO/C(=C/C1C(=O)OC12CCCCC2)c1c(OC)cccc1OC. The number of carbonyl (C=O) groups excluding carboxylic acids is 1. The number of benzene rings is 1. The molecule has 0 radical (unpaired) electrons. The van der Waals surface area contributed by atoms with Crippen LogP contribution in [0.15, 0.2) is 24.3 Å². The van der Waals surface area contributed by atoms with Crippen LogP contribution in [0.3, 0.4) is 0 Å². The predicted molar refractivity (Wildman–Crippen MR) is 89.9 cm³/mol. The lowest BCUT2D eigenvalue weighted by Crippen LogP contribution is -2.57. The summed E-state index contributed by atoms with van der Waals surface area (Å²) in [6.45, 7) is 0. The van der Waals surface area contributed by atoms with Crippen LogP contribution < -0.4 is 9.47 Å². The first-order valence-electron chi connectivity index (χ1n) is 8.35. The standard InChI is InChI=1S/C19H24O5/c1-21-14-8-7-9-15(22-2)17(14)16(23-3)12-13-18(20)24-19(13)10-5-4-6-11-19/h7-9,12-13H,4-6,10-11H2,1-3H3/b16-12+. The van der Waals surface area contributed by atoms with Crippen LogP contribution in [0, 0.1) is 5.92 Å². The van der Waals surface area contributed by atoms with Gasteiger partial charge in [0, 0.05) is 0 Å². The van der Waals surface area contributed by atoms with Crippen molar-refractivity contribution in [3.05, 3.63) is 29.8 Å². The molecule has 24 heavy (non-hydrogen) atoms. The molecule has 1 aromatic rings. The fraction of sp³-hybridized carbons (Fsp3) is 0.526. The molecule has 1 atom stereocenters. The van der Waals surface area contributed by atoms with E-state index in [-0.39, 0.29) is 17.5 Å². The highest BCUT2D eigenvalue weighted by Gasteiger charge is 2.55. The molecule has 0 bridgehead atoms. The van der Waals surface area contributed by atoms with Gasteiger partial charge in [-0.05, 0) is 43.9 Å². The van der Waals surface area contributed by atoms with Crippen LogP contribution in [0.2, 0.25) is 0 Å². The van der Waals surface area contributed by atoms with Gasteiger partial charge in [-0.25, -0.2) is 0 Å². The Morgan fingerprint density at radius 2 is 1.75 bits per heavy atom. The zero-order valence-corrected chi connectivity index (χ0v) is 14.5. The maximum absolute atomic E-state index is 12.1. The number of rotatable bonds is 5. The summed E-state index contributed by atoms with van der Waals surface area (Å²) in [5, 5.41) is 0. The zero-order valence-electron chi connectivity index (χ0n) is 14.5. The highest BCUT2D eigenvalue weighted by molar-refractivity contribution is 5.85. The van der Waals surface area contributed by atoms with Crippen LogP contribution in [0.1, 0.15) is 37.7 Å². The van der Waals surface area contributed by atoms with Crippen molar-refractivity contribution in [3.63, 3.8) is 0 Å². The Bertz CT molecular complexity index is 621. The summed E-state index contributed by atoms with van der Waals surface area (Å²) in [5.74, 6) is 1.42. The summed E-state index contributed by atoms with van der Waals surface area (Å²) in [6, 6.07) is 5.55. The van der Waals surface area contributed by atoms with E-state index in [2.05, 4.69) is 0 Å². The van der Waals surface area contributed by atoms with Gasteiger partial charge in [-0.3, -0.25) is 4.79 Å². The first-order valence-corrected chi connectivity index (χ1v) is 8.35. The molecule has 0 N–H and O–H groups in total. The Morgan fingerprint density at radius 3 is 2.25 bits per heavy atom. The summed E-state index contributed by atoms with van der Waals surface area (Å²) in [5.41, 5.74) is 0.365. The highest BCUT2D eigenvalue weighted by Crippen LogP contribution is 2.48. The lowest BCUT2D eigenvalue weighted by Gasteiger charge is -2.48. The molecule has 5 nitrogen and oxygen atoms in total. The Kier molecular flexibility index (Phi) is 4.69. The average Bonchev–Trinajstić information content (AvgIpc) is 2.62. The van der Waals surface area contributed by atoms with Crippen molar-refractivity contribution in [2.75, 3.05) is 21.3 Å². The van der Waals surface area contributed by atoms with E-state index in [0.29, 0.717) is 17.3 Å². The van der Waals surface area contributed by atoms with Gasteiger partial charge < -0.3 is 18.9 Å². The van der Waals surface area contributed by atoms with Crippen molar-refractivity contribution < 1.29 is 23.7 Å². The Balaban J connectivity index is 1.99. The van der Waals surface area contributed by atoms with Crippen molar-refractivity contribution in [3.8, 4) is 11.5 Å². The fourth-order valence-electron chi connectivity index (χ4n) is 3.77. The minimum atomic E-state index is -0.353. The van der Waals surface area contributed by atoms with Crippen LogP contribution in [-0.4, -0.2) is 32.9 Å². The monoisotopic (exact) mass is 332 g/mol. The first-order chi connectivity index (χ1) is 11.6. The molecule has 1 aliphatic heterocycles. The molecular weight excluding hydrogens is 308 g/mol. The van der Waals surface area contributed by atoms with Gasteiger partial charge in [0.15, 0.2) is 0 Å². The molecule has 1 aromatic carbocycles. The van der Waals surface area contributed by atoms with E-state index in [1.807, 2.05) is 24.3 Å². The van der Waals surface area contributed by atoms with E-state index in [0.717, 1.165) is 31.2 Å². The summed E-state index contributed by atoms with van der Waals surface area (Å²) in [7, 11) is 4.80.